The molecule has 1 aromatic carbocycles. The van der Waals surface area contributed by atoms with Gasteiger partial charge in [-0.25, -0.2) is 0 Å². The zero-order chi connectivity index (χ0) is 14.9. The maximum Gasteiger partial charge on any atom is 0.191 e. The summed E-state index contributed by atoms with van der Waals surface area (Å²) < 4.78 is 5.34. The van der Waals surface area contributed by atoms with Gasteiger partial charge in [-0.05, 0) is 24.1 Å². The van der Waals surface area contributed by atoms with Gasteiger partial charge in [0.1, 0.15) is 5.75 Å². The largest absolute Gasteiger partial charge is 0.496 e. The molecule has 0 saturated carbocycles. The molecular weight excluding hydrogens is 266 g/mol. The number of rotatable bonds is 6. The molecule has 0 amide bonds. The van der Waals surface area contributed by atoms with E-state index < -0.39 is 0 Å². The van der Waals surface area contributed by atoms with E-state index in [2.05, 4.69) is 31.9 Å². The summed E-state index contributed by atoms with van der Waals surface area (Å²) in [5.74, 6) is 1.68. The Labute approximate surface area is 124 Å². The molecule has 0 aliphatic rings. The lowest BCUT2D eigenvalue weighted by molar-refractivity contribution is 0.409. The standard InChI is InChI=1S/C15H21N5O/c1-16-15(18-11-13-8-10-19-20-13)17-9-7-12-5-3-4-6-14(12)21-2/h3-6,8,10H,7,9,11H2,1-2H3,(H,19,20)(H2,16,17,18). The van der Waals surface area contributed by atoms with Crippen LogP contribution in [0.1, 0.15) is 11.3 Å². The quantitative estimate of drug-likeness (QED) is 0.553. The molecule has 0 unspecified atom stereocenters. The number of guanidine groups is 1. The molecule has 6 nitrogen and oxygen atoms in total. The summed E-state index contributed by atoms with van der Waals surface area (Å²) >= 11 is 0. The molecule has 0 bridgehead atoms. The van der Waals surface area contributed by atoms with Crippen molar-refractivity contribution in [3.63, 3.8) is 0 Å². The molecule has 0 aliphatic heterocycles. The summed E-state index contributed by atoms with van der Waals surface area (Å²) in [4.78, 5) is 4.19. The van der Waals surface area contributed by atoms with Crippen LogP contribution in [0, 0.1) is 0 Å². The van der Waals surface area contributed by atoms with Crippen molar-refractivity contribution >= 4 is 5.96 Å². The van der Waals surface area contributed by atoms with Gasteiger partial charge in [0, 0.05) is 19.8 Å². The molecule has 2 aromatic rings. The van der Waals surface area contributed by atoms with Gasteiger partial charge in [0.25, 0.3) is 0 Å². The van der Waals surface area contributed by atoms with Crippen molar-refractivity contribution in [2.75, 3.05) is 20.7 Å². The van der Waals surface area contributed by atoms with Crippen molar-refractivity contribution in [1.82, 2.24) is 20.8 Å². The van der Waals surface area contributed by atoms with Crippen LogP contribution >= 0.6 is 0 Å². The Bertz CT molecular complexity index is 565. The SMILES string of the molecule is CN=C(NCCc1ccccc1OC)NCc1ccn[nH]1. The summed E-state index contributed by atoms with van der Waals surface area (Å²) in [6, 6.07) is 9.96. The third-order valence-electron chi connectivity index (χ3n) is 3.11. The van der Waals surface area contributed by atoms with Crippen molar-refractivity contribution < 1.29 is 4.74 Å². The highest BCUT2D eigenvalue weighted by atomic mass is 16.5. The van der Waals surface area contributed by atoms with E-state index in [9.17, 15) is 0 Å². The number of methoxy groups -OCH3 is 1. The monoisotopic (exact) mass is 287 g/mol. The molecule has 1 heterocycles. The predicted octanol–water partition coefficient (Wildman–Crippen LogP) is 1.33. The summed E-state index contributed by atoms with van der Waals surface area (Å²) in [5.41, 5.74) is 2.19. The minimum Gasteiger partial charge on any atom is -0.496 e. The van der Waals surface area contributed by atoms with Crippen molar-refractivity contribution in [1.29, 1.82) is 0 Å². The number of hydrogen-bond acceptors (Lipinski definition) is 3. The normalized spacial score (nSPS) is 11.2. The number of para-hydroxylation sites is 1. The molecule has 112 valence electrons. The van der Waals surface area contributed by atoms with Gasteiger partial charge in [-0.2, -0.15) is 5.10 Å². The lowest BCUT2D eigenvalue weighted by Crippen LogP contribution is -2.37. The highest BCUT2D eigenvalue weighted by molar-refractivity contribution is 5.79. The number of hydrogen-bond donors (Lipinski definition) is 3. The van der Waals surface area contributed by atoms with Gasteiger partial charge >= 0.3 is 0 Å². The number of aromatic amines is 1. The van der Waals surface area contributed by atoms with Crippen LogP contribution in [0.2, 0.25) is 0 Å². The first-order valence-electron chi connectivity index (χ1n) is 6.88. The molecule has 0 radical (unpaired) electrons. The fourth-order valence-electron chi connectivity index (χ4n) is 2.01. The Balaban J connectivity index is 1.78. The molecule has 3 N–H and O–H groups in total. The second-order valence-electron chi connectivity index (χ2n) is 4.50. The molecule has 0 aliphatic carbocycles. The maximum atomic E-state index is 5.34. The van der Waals surface area contributed by atoms with Crippen molar-refractivity contribution in [3.8, 4) is 5.75 Å². The van der Waals surface area contributed by atoms with Crippen LogP contribution in [0.4, 0.5) is 0 Å². The Morgan fingerprint density at radius 2 is 2.14 bits per heavy atom. The average molecular weight is 287 g/mol. The fourth-order valence-corrected chi connectivity index (χ4v) is 2.01. The van der Waals surface area contributed by atoms with Crippen molar-refractivity contribution in [2.24, 2.45) is 4.99 Å². The van der Waals surface area contributed by atoms with Gasteiger partial charge in [-0.15, -0.1) is 0 Å². The number of nitrogens with zero attached hydrogens (tertiary/aromatic N) is 2. The molecule has 0 saturated heterocycles. The number of ether oxygens (including phenoxy) is 1. The van der Waals surface area contributed by atoms with E-state index in [1.807, 2.05) is 24.3 Å². The molecular formula is C15H21N5O. The predicted molar refractivity (Wildman–Crippen MR) is 83.5 cm³/mol. The van der Waals surface area contributed by atoms with Crippen LogP contribution in [0.15, 0.2) is 41.5 Å². The molecule has 0 fully saturated rings. The van der Waals surface area contributed by atoms with Crippen LogP contribution in [-0.4, -0.2) is 36.9 Å². The van der Waals surface area contributed by atoms with Crippen LogP contribution in [-0.2, 0) is 13.0 Å². The van der Waals surface area contributed by atoms with Gasteiger partial charge in [0.15, 0.2) is 5.96 Å². The topological polar surface area (TPSA) is 74.3 Å². The lowest BCUT2D eigenvalue weighted by Gasteiger charge is -2.12. The third kappa shape index (κ3) is 4.52. The number of benzene rings is 1. The highest BCUT2D eigenvalue weighted by Gasteiger charge is 2.03. The van der Waals surface area contributed by atoms with E-state index in [0.717, 1.165) is 30.4 Å². The van der Waals surface area contributed by atoms with Crippen molar-refractivity contribution in [2.45, 2.75) is 13.0 Å². The van der Waals surface area contributed by atoms with Gasteiger partial charge in [-0.3, -0.25) is 10.1 Å². The van der Waals surface area contributed by atoms with E-state index in [1.54, 1.807) is 20.4 Å². The first kappa shape index (κ1) is 14.9. The van der Waals surface area contributed by atoms with E-state index >= 15 is 0 Å². The van der Waals surface area contributed by atoms with E-state index in [0.29, 0.717) is 6.54 Å². The third-order valence-corrected chi connectivity index (χ3v) is 3.11. The second kappa shape index (κ2) is 7.94. The second-order valence-corrected chi connectivity index (χ2v) is 4.50. The molecule has 0 spiro atoms. The van der Waals surface area contributed by atoms with Crippen LogP contribution in [0.5, 0.6) is 5.75 Å². The number of aliphatic imine (C=N–C) groups is 1. The molecule has 6 heteroatoms. The Morgan fingerprint density at radius 3 is 2.86 bits per heavy atom. The van der Waals surface area contributed by atoms with Crippen molar-refractivity contribution in [3.05, 3.63) is 47.8 Å². The Morgan fingerprint density at radius 1 is 1.29 bits per heavy atom. The zero-order valence-electron chi connectivity index (χ0n) is 12.4. The van der Waals surface area contributed by atoms with Gasteiger partial charge < -0.3 is 15.4 Å². The van der Waals surface area contributed by atoms with E-state index in [1.165, 1.54) is 5.56 Å². The summed E-state index contributed by atoms with van der Waals surface area (Å²) in [7, 11) is 3.45. The van der Waals surface area contributed by atoms with Crippen LogP contribution < -0.4 is 15.4 Å². The molecule has 1 aromatic heterocycles. The van der Waals surface area contributed by atoms with Crippen LogP contribution in [0.3, 0.4) is 0 Å². The lowest BCUT2D eigenvalue weighted by atomic mass is 10.1. The minimum absolute atomic E-state index is 0.661. The van der Waals surface area contributed by atoms with Gasteiger partial charge in [-0.1, -0.05) is 18.2 Å². The fraction of sp³-hybridized carbons (Fsp3) is 0.333. The maximum absolute atomic E-state index is 5.34. The van der Waals surface area contributed by atoms with E-state index in [-0.39, 0.29) is 0 Å². The first-order valence-corrected chi connectivity index (χ1v) is 6.88. The number of nitrogens with one attached hydrogen (secondary N) is 3. The smallest absolute Gasteiger partial charge is 0.191 e. The minimum atomic E-state index is 0.661. The molecule has 0 atom stereocenters. The summed E-state index contributed by atoms with van der Waals surface area (Å²) in [6.07, 6.45) is 2.60. The first-order chi connectivity index (χ1) is 10.3. The summed E-state index contributed by atoms with van der Waals surface area (Å²) in [5, 5.41) is 13.3. The van der Waals surface area contributed by atoms with Gasteiger partial charge in [0.2, 0.25) is 0 Å². The van der Waals surface area contributed by atoms with Crippen LogP contribution in [0.25, 0.3) is 0 Å². The van der Waals surface area contributed by atoms with Gasteiger partial charge in [0.05, 0.1) is 19.3 Å². The Hall–Kier alpha value is -2.50. The Kier molecular flexibility index (Phi) is 5.63. The highest BCUT2D eigenvalue weighted by Crippen LogP contribution is 2.17. The molecule has 21 heavy (non-hydrogen) atoms. The average Bonchev–Trinajstić information content (AvgIpc) is 3.04. The summed E-state index contributed by atoms with van der Waals surface area (Å²) in [6.45, 7) is 1.44. The zero-order valence-corrected chi connectivity index (χ0v) is 12.4. The van der Waals surface area contributed by atoms with E-state index in [4.69, 9.17) is 4.74 Å². The number of aromatic nitrogens is 2. The molecule has 2 rings (SSSR count). The number of H-pyrrole nitrogens is 1.